The molecule has 0 unspecified atom stereocenters. The minimum absolute atomic E-state index is 0.293. The molecule has 5 heteroatoms. The molecule has 0 amide bonds. The van der Waals surface area contributed by atoms with Crippen molar-refractivity contribution < 1.29 is 9.13 Å². The van der Waals surface area contributed by atoms with Crippen LogP contribution in [0, 0.1) is 19.7 Å². The first-order chi connectivity index (χ1) is 8.06. The second kappa shape index (κ2) is 5.14. The van der Waals surface area contributed by atoms with Crippen molar-refractivity contribution in [2.24, 2.45) is 0 Å². The normalized spacial score (nSPS) is 10.6. The van der Waals surface area contributed by atoms with E-state index in [9.17, 15) is 4.39 Å². The zero-order valence-electron chi connectivity index (χ0n) is 9.46. The van der Waals surface area contributed by atoms with Crippen LogP contribution in [0.2, 0.25) is 0 Å². The van der Waals surface area contributed by atoms with Crippen molar-refractivity contribution in [1.82, 2.24) is 4.98 Å². The maximum absolute atomic E-state index is 13.0. The number of aromatic nitrogens is 1. The highest BCUT2D eigenvalue weighted by Gasteiger charge is 2.05. The molecule has 0 bridgehead atoms. The van der Waals surface area contributed by atoms with Crippen LogP contribution in [-0.2, 0) is 6.61 Å². The van der Waals surface area contributed by atoms with Gasteiger partial charge in [0.25, 0.3) is 0 Å². The van der Waals surface area contributed by atoms with E-state index in [1.54, 1.807) is 23.5 Å². The molecule has 0 spiro atoms. The van der Waals surface area contributed by atoms with Crippen LogP contribution in [0.5, 0.6) is 5.75 Å². The molecule has 1 heterocycles. The third-order valence-electron chi connectivity index (χ3n) is 2.33. The van der Waals surface area contributed by atoms with E-state index in [1.165, 1.54) is 10.9 Å². The Labute approximate surface area is 112 Å². The Hall–Kier alpha value is -0.940. The molecule has 2 rings (SSSR count). The van der Waals surface area contributed by atoms with Crippen LogP contribution in [0.15, 0.2) is 22.7 Å². The van der Waals surface area contributed by atoms with Crippen molar-refractivity contribution in [2.45, 2.75) is 20.5 Å². The zero-order chi connectivity index (χ0) is 12.4. The van der Waals surface area contributed by atoms with Gasteiger partial charge in [-0.1, -0.05) is 0 Å². The van der Waals surface area contributed by atoms with Gasteiger partial charge in [-0.25, -0.2) is 9.37 Å². The molecular formula is C12H11BrFNOS. The molecule has 90 valence electrons. The fraction of sp³-hybridized carbons (Fsp3) is 0.250. The van der Waals surface area contributed by atoms with Crippen molar-refractivity contribution in [3.63, 3.8) is 0 Å². The van der Waals surface area contributed by atoms with Crippen molar-refractivity contribution in [3.05, 3.63) is 44.1 Å². The summed E-state index contributed by atoms with van der Waals surface area (Å²) >= 11 is 4.74. The van der Waals surface area contributed by atoms with E-state index in [-0.39, 0.29) is 5.82 Å². The van der Waals surface area contributed by atoms with Crippen LogP contribution >= 0.6 is 27.3 Å². The van der Waals surface area contributed by atoms with Gasteiger partial charge in [-0.2, -0.15) is 0 Å². The maximum atomic E-state index is 13.0. The standard InChI is InChI=1S/C12H11BrFNOS/c1-7-8(2)17-12(15-7)6-16-9-3-4-11(14)10(13)5-9/h3-5H,6H2,1-2H3. The average Bonchev–Trinajstić information content (AvgIpc) is 2.60. The maximum Gasteiger partial charge on any atom is 0.140 e. The molecule has 2 nitrogen and oxygen atoms in total. The van der Waals surface area contributed by atoms with Crippen LogP contribution in [0.25, 0.3) is 0 Å². The number of hydrogen-bond donors (Lipinski definition) is 0. The number of thiazole rings is 1. The van der Waals surface area contributed by atoms with Crippen LogP contribution in [-0.4, -0.2) is 4.98 Å². The first-order valence-electron chi connectivity index (χ1n) is 5.07. The summed E-state index contributed by atoms with van der Waals surface area (Å²) < 4.78 is 19.0. The van der Waals surface area contributed by atoms with E-state index >= 15 is 0 Å². The van der Waals surface area contributed by atoms with Gasteiger partial charge >= 0.3 is 0 Å². The average molecular weight is 316 g/mol. The molecule has 0 atom stereocenters. The molecule has 1 aromatic carbocycles. The zero-order valence-corrected chi connectivity index (χ0v) is 11.9. The summed E-state index contributed by atoms with van der Waals surface area (Å²) in [6, 6.07) is 4.59. The predicted octanol–water partition coefficient (Wildman–Crippen LogP) is 4.24. The van der Waals surface area contributed by atoms with Gasteiger partial charge in [-0.15, -0.1) is 11.3 Å². The van der Waals surface area contributed by atoms with E-state index < -0.39 is 0 Å². The van der Waals surface area contributed by atoms with Gasteiger partial charge < -0.3 is 4.74 Å². The molecular weight excluding hydrogens is 305 g/mol. The lowest BCUT2D eigenvalue weighted by Gasteiger charge is -2.04. The van der Waals surface area contributed by atoms with Crippen molar-refractivity contribution >= 4 is 27.3 Å². The molecule has 2 aromatic rings. The molecule has 0 aliphatic heterocycles. The monoisotopic (exact) mass is 315 g/mol. The highest BCUT2D eigenvalue weighted by atomic mass is 79.9. The molecule has 0 N–H and O–H groups in total. The minimum atomic E-state index is -0.293. The molecule has 0 aliphatic carbocycles. The van der Waals surface area contributed by atoms with Crippen molar-refractivity contribution in [1.29, 1.82) is 0 Å². The van der Waals surface area contributed by atoms with E-state index in [2.05, 4.69) is 20.9 Å². The number of rotatable bonds is 3. The number of aryl methyl sites for hydroxylation is 2. The second-order valence-electron chi connectivity index (χ2n) is 3.61. The summed E-state index contributed by atoms with van der Waals surface area (Å²) in [4.78, 5) is 5.57. The summed E-state index contributed by atoms with van der Waals surface area (Å²) in [7, 11) is 0. The van der Waals surface area contributed by atoms with Gasteiger partial charge in [0.15, 0.2) is 0 Å². The van der Waals surface area contributed by atoms with Crippen LogP contribution in [0.4, 0.5) is 4.39 Å². The van der Waals surface area contributed by atoms with Gasteiger partial charge in [0.1, 0.15) is 23.2 Å². The van der Waals surface area contributed by atoms with Crippen LogP contribution < -0.4 is 4.74 Å². The fourth-order valence-electron chi connectivity index (χ4n) is 1.31. The summed E-state index contributed by atoms with van der Waals surface area (Å²) in [6.45, 7) is 4.42. The van der Waals surface area contributed by atoms with E-state index in [0.717, 1.165) is 10.7 Å². The lowest BCUT2D eigenvalue weighted by molar-refractivity contribution is 0.304. The molecule has 0 radical (unpaired) electrons. The Morgan fingerprint density at radius 1 is 1.41 bits per heavy atom. The summed E-state index contributed by atoms with van der Waals surface area (Å²) in [5, 5.41) is 0.931. The highest BCUT2D eigenvalue weighted by Crippen LogP contribution is 2.23. The van der Waals surface area contributed by atoms with E-state index in [4.69, 9.17) is 4.74 Å². The Kier molecular flexibility index (Phi) is 3.79. The first kappa shape index (κ1) is 12.5. The first-order valence-corrected chi connectivity index (χ1v) is 6.68. The van der Waals surface area contributed by atoms with Crippen LogP contribution in [0.3, 0.4) is 0 Å². The lowest BCUT2D eigenvalue weighted by Crippen LogP contribution is -1.95. The number of benzene rings is 1. The second-order valence-corrected chi connectivity index (χ2v) is 5.76. The Bertz CT molecular complexity index is 522. The van der Waals surface area contributed by atoms with Crippen molar-refractivity contribution in [3.8, 4) is 5.75 Å². The molecule has 0 aliphatic rings. The predicted molar refractivity (Wildman–Crippen MR) is 70.0 cm³/mol. The topological polar surface area (TPSA) is 22.1 Å². The Morgan fingerprint density at radius 2 is 2.18 bits per heavy atom. The van der Waals surface area contributed by atoms with Crippen LogP contribution in [0.1, 0.15) is 15.6 Å². The lowest BCUT2D eigenvalue weighted by atomic mass is 10.3. The molecule has 1 aromatic heterocycles. The summed E-state index contributed by atoms with van der Waals surface area (Å²) in [5.41, 5.74) is 1.04. The highest BCUT2D eigenvalue weighted by molar-refractivity contribution is 9.10. The van der Waals surface area contributed by atoms with Gasteiger partial charge in [0.2, 0.25) is 0 Å². The number of halogens is 2. The minimum Gasteiger partial charge on any atom is -0.486 e. The number of ether oxygens (including phenoxy) is 1. The van der Waals surface area contributed by atoms with E-state index in [0.29, 0.717) is 16.8 Å². The number of nitrogens with zero attached hydrogens (tertiary/aromatic N) is 1. The quantitative estimate of drug-likeness (QED) is 0.845. The Balaban J connectivity index is 2.04. The molecule has 17 heavy (non-hydrogen) atoms. The van der Waals surface area contributed by atoms with Gasteiger partial charge in [0.05, 0.1) is 10.2 Å². The van der Waals surface area contributed by atoms with Crippen molar-refractivity contribution in [2.75, 3.05) is 0 Å². The van der Waals surface area contributed by atoms with Gasteiger partial charge in [-0.3, -0.25) is 0 Å². The van der Waals surface area contributed by atoms with E-state index in [1.807, 2.05) is 13.8 Å². The summed E-state index contributed by atoms with van der Waals surface area (Å²) in [6.07, 6.45) is 0. The molecule has 0 saturated carbocycles. The fourth-order valence-corrected chi connectivity index (χ4v) is 2.52. The van der Waals surface area contributed by atoms with Gasteiger partial charge in [0, 0.05) is 4.88 Å². The van der Waals surface area contributed by atoms with Gasteiger partial charge in [-0.05, 0) is 48.0 Å². The molecule has 0 saturated heterocycles. The summed E-state index contributed by atoms with van der Waals surface area (Å²) in [5.74, 6) is 0.335. The third kappa shape index (κ3) is 3.04. The molecule has 0 fully saturated rings. The Morgan fingerprint density at radius 3 is 2.76 bits per heavy atom. The SMILES string of the molecule is Cc1nc(COc2ccc(F)c(Br)c2)sc1C. The third-order valence-corrected chi connectivity index (χ3v) is 3.98. The number of hydrogen-bond acceptors (Lipinski definition) is 3. The smallest absolute Gasteiger partial charge is 0.140 e. The largest absolute Gasteiger partial charge is 0.486 e.